The van der Waals surface area contributed by atoms with Crippen LogP contribution in [0.25, 0.3) is 0 Å². The van der Waals surface area contributed by atoms with Gasteiger partial charge in [-0.05, 0) is 38.0 Å². The second-order valence-corrected chi connectivity index (χ2v) is 7.26. The van der Waals surface area contributed by atoms with Crippen LogP contribution in [0.5, 0.6) is 5.88 Å². The number of hydrogen-bond donors (Lipinski definition) is 2. The molecule has 0 spiro atoms. The minimum atomic E-state index is -3.10. The molecule has 1 aromatic carbocycles. The van der Waals surface area contributed by atoms with Crippen LogP contribution < -0.4 is 15.8 Å². The van der Waals surface area contributed by atoms with Crippen molar-refractivity contribution in [1.82, 2.24) is 9.97 Å². The van der Waals surface area contributed by atoms with Crippen LogP contribution in [0.1, 0.15) is 35.8 Å². The molecule has 0 radical (unpaired) electrons. The number of carbonyl (C=O) groups excluding carboxylic acids is 1. The van der Waals surface area contributed by atoms with Crippen LogP contribution in [-0.2, 0) is 5.54 Å². The molecule has 162 valence electrons. The molecule has 2 aromatic rings. The van der Waals surface area contributed by atoms with Crippen LogP contribution in [-0.4, -0.2) is 35.2 Å². The molecule has 11 heteroatoms. The van der Waals surface area contributed by atoms with Gasteiger partial charge in [0.25, 0.3) is 12.3 Å². The van der Waals surface area contributed by atoms with Gasteiger partial charge in [-0.1, -0.05) is 0 Å². The number of anilines is 1. The molecule has 0 aliphatic carbocycles. The van der Waals surface area contributed by atoms with E-state index in [0.29, 0.717) is 0 Å². The molecule has 0 fully saturated rings. The normalized spacial score (nSPS) is 23.1. The van der Waals surface area contributed by atoms with Crippen molar-refractivity contribution in [2.24, 2.45) is 16.1 Å². The van der Waals surface area contributed by atoms with Gasteiger partial charge < -0.3 is 15.8 Å². The van der Waals surface area contributed by atoms with Gasteiger partial charge in [-0.2, -0.15) is 5.26 Å². The largest absolute Gasteiger partial charge is 0.480 e. The molecule has 1 amide bonds. The number of nitriles is 1. The topological polar surface area (TPSA) is 126 Å². The number of nitrogens with two attached hydrogens (primary N) is 1. The zero-order chi connectivity index (χ0) is 22.8. The Labute approximate surface area is 176 Å². The van der Waals surface area contributed by atoms with Gasteiger partial charge in [0.05, 0.1) is 25.6 Å². The molecule has 0 unspecified atom stereocenters. The smallest absolute Gasteiger partial charge is 0.275 e. The van der Waals surface area contributed by atoms with Gasteiger partial charge in [-0.15, -0.1) is 0 Å². The Morgan fingerprint density at radius 3 is 2.61 bits per heavy atom. The molecule has 3 rings (SSSR count). The number of hydrogen-bond acceptors (Lipinski definition) is 7. The van der Waals surface area contributed by atoms with Crippen LogP contribution in [0.15, 0.2) is 35.6 Å². The van der Waals surface area contributed by atoms with E-state index in [4.69, 9.17) is 10.5 Å². The lowest BCUT2D eigenvalue weighted by Gasteiger charge is -2.38. The summed E-state index contributed by atoms with van der Waals surface area (Å²) in [5.74, 6) is -1.69. The van der Waals surface area contributed by atoms with E-state index in [9.17, 15) is 23.2 Å². The van der Waals surface area contributed by atoms with Crippen LogP contribution >= 0.6 is 0 Å². The van der Waals surface area contributed by atoms with E-state index < -0.39 is 34.7 Å². The van der Waals surface area contributed by atoms with Crippen molar-refractivity contribution in [3.63, 3.8) is 0 Å². The van der Waals surface area contributed by atoms with Crippen LogP contribution in [0.2, 0.25) is 0 Å². The van der Waals surface area contributed by atoms with Crippen LogP contribution in [0.3, 0.4) is 0 Å². The number of rotatable bonds is 5. The highest BCUT2D eigenvalue weighted by Crippen LogP contribution is 2.46. The maximum Gasteiger partial charge on any atom is 0.275 e. The number of aliphatic imine (C=N–C) groups is 1. The fourth-order valence-electron chi connectivity index (χ4n) is 3.22. The zero-order valence-electron chi connectivity index (χ0n) is 16.7. The summed E-state index contributed by atoms with van der Waals surface area (Å²) in [5.41, 5.74) is 1.91. The first-order chi connectivity index (χ1) is 14.6. The molecule has 0 saturated carbocycles. The predicted octanol–water partition coefficient (Wildman–Crippen LogP) is 3.02. The van der Waals surface area contributed by atoms with Gasteiger partial charge in [0, 0.05) is 11.3 Å². The molecule has 1 aromatic heterocycles. The van der Waals surface area contributed by atoms with Crippen LogP contribution in [0.4, 0.5) is 18.9 Å². The highest BCUT2D eigenvalue weighted by molar-refractivity contribution is 6.02. The summed E-state index contributed by atoms with van der Waals surface area (Å²) < 4.78 is 47.9. The lowest BCUT2D eigenvalue weighted by atomic mass is 9.74. The van der Waals surface area contributed by atoms with E-state index >= 15 is 0 Å². The predicted molar refractivity (Wildman–Crippen MR) is 105 cm³/mol. The van der Waals surface area contributed by atoms with Crippen LogP contribution in [0, 0.1) is 22.6 Å². The number of methoxy groups -OCH3 is 1. The van der Waals surface area contributed by atoms with Gasteiger partial charge in [-0.25, -0.2) is 23.1 Å². The van der Waals surface area contributed by atoms with Crippen molar-refractivity contribution in [3.8, 4) is 11.9 Å². The third kappa shape index (κ3) is 4.01. The number of benzene rings is 1. The van der Waals surface area contributed by atoms with Crippen molar-refractivity contribution in [1.29, 1.82) is 5.26 Å². The lowest BCUT2D eigenvalue weighted by molar-refractivity contribution is 0.0371. The Kier molecular flexibility index (Phi) is 5.83. The second kappa shape index (κ2) is 8.22. The summed E-state index contributed by atoms with van der Waals surface area (Å²) in [6.07, 6.45) is -1.01. The Hall–Kier alpha value is -3.68. The minimum absolute atomic E-state index is 0.0271. The summed E-state index contributed by atoms with van der Waals surface area (Å²) in [4.78, 5) is 24.1. The Morgan fingerprint density at radius 2 is 2.06 bits per heavy atom. The third-order valence-electron chi connectivity index (χ3n) is 5.26. The lowest BCUT2D eigenvalue weighted by Crippen LogP contribution is -2.46. The van der Waals surface area contributed by atoms with Gasteiger partial charge in [0.15, 0.2) is 5.54 Å². The Bertz CT molecular complexity index is 1070. The SMILES string of the molecule is COc1cnc(C(=O)Nc2ccc(F)c([C@]3(C(F)F)CC[C@@](C)(C#N)C(N)=N3)c2)cn1. The van der Waals surface area contributed by atoms with Crippen molar-refractivity contribution >= 4 is 17.4 Å². The minimum Gasteiger partial charge on any atom is -0.480 e. The number of ether oxygens (including phenoxy) is 1. The number of alkyl halides is 2. The summed E-state index contributed by atoms with van der Waals surface area (Å²) in [6, 6.07) is 5.23. The van der Waals surface area contributed by atoms with E-state index in [1.165, 1.54) is 32.5 Å². The number of amidine groups is 1. The average Bonchev–Trinajstić information content (AvgIpc) is 2.77. The fraction of sp³-hybridized carbons (Fsp3) is 0.350. The highest BCUT2D eigenvalue weighted by atomic mass is 19.3. The molecule has 8 nitrogen and oxygen atoms in total. The first kappa shape index (κ1) is 22.0. The van der Waals surface area contributed by atoms with Gasteiger partial charge in [0.1, 0.15) is 22.8 Å². The summed E-state index contributed by atoms with van der Waals surface area (Å²) in [6.45, 7) is 1.49. The van der Waals surface area contributed by atoms with Crippen molar-refractivity contribution in [3.05, 3.63) is 47.7 Å². The van der Waals surface area contributed by atoms with E-state index in [-0.39, 0.29) is 35.9 Å². The summed E-state index contributed by atoms with van der Waals surface area (Å²) in [5, 5.41) is 11.8. The number of amides is 1. The molecule has 2 atom stereocenters. The van der Waals surface area contributed by atoms with Gasteiger partial charge in [-0.3, -0.25) is 9.79 Å². The van der Waals surface area contributed by atoms with Crippen molar-refractivity contribution < 1.29 is 22.7 Å². The first-order valence-corrected chi connectivity index (χ1v) is 9.18. The highest BCUT2D eigenvalue weighted by Gasteiger charge is 2.50. The van der Waals surface area contributed by atoms with Crippen molar-refractivity contribution in [2.45, 2.75) is 31.7 Å². The van der Waals surface area contributed by atoms with E-state index in [1.54, 1.807) is 0 Å². The van der Waals surface area contributed by atoms with Gasteiger partial charge >= 0.3 is 0 Å². The zero-order valence-corrected chi connectivity index (χ0v) is 16.7. The van der Waals surface area contributed by atoms with Crippen molar-refractivity contribution in [2.75, 3.05) is 12.4 Å². The monoisotopic (exact) mass is 432 g/mol. The van der Waals surface area contributed by atoms with E-state index in [0.717, 1.165) is 12.1 Å². The average molecular weight is 432 g/mol. The first-order valence-electron chi connectivity index (χ1n) is 9.18. The fourth-order valence-corrected chi connectivity index (χ4v) is 3.22. The molecule has 0 bridgehead atoms. The van der Waals surface area contributed by atoms with E-state index in [2.05, 4.69) is 20.3 Å². The molecular formula is C20H19F3N6O2. The molecule has 1 aliphatic rings. The third-order valence-corrected chi connectivity index (χ3v) is 5.26. The molecule has 3 N–H and O–H groups in total. The number of nitrogens with zero attached hydrogens (tertiary/aromatic N) is 4. The number of halogens is 3. The molecular weight excluding hydrogens is 413 g/mol. The second-order valence-electron chi connectivity index (χ2n) is 7.26. The number of carbonyl (C=O) groups is 1. The quantitative estimate of drug-likeness (QED) is 0.748. The number of nitrogens with one attached hydrogen (secondary N) is 1. The maximum atomic E-state index is 14.6. The summed E-state index contributed by atoms with van der Waals surface area (Å²) in [7, 11) is 1.39. The number of aromatic nitrogens is 2. The standard InChI is InChI=1S/C20H19F3N6O2/c1-19(10-24)5-6-20(17(22)23,29-18(19)25)12-7-11(3-4-13(12)21)28-16(30)14-8-27-15(31-2)9-26-14/h3-4,7-9,17H,5-6H2,1-2H3,(H2,25,29)(H,28,30)/t19-,20-/m0/s1. The Morgan fingerprint density at radius 1 is 1.32 bits per heavy atom. The molecule has 0 saturated heterocycles. The van der Waals surface area contributed by atoms with Gasteiger partial charge in [0.2, 0.25) is 5.88 Å². The maximum absolute atomic E-state index is 14.6. The van der Waals surface area contributed by atoms with E-state index in [1.807, 2.05) is 6.07 Å². The summed E-state index contributed by atoms with van der Waals surface area (Å²) >= 11 is 0. The molecule has 31 heavy (non-hydrogen) atoms. The molecule has 2 heterocycles. The molecule has 1 aliphatic heterocycles. The Balaban J connectivity index is 1.97.